The lowest BCUT2D eigenvalue weighted by Gasteiger charge is -2.32. The summed E-state index contributed by atoms with van der Waals surface area (Å²) in [6.07, 6.45) is 5.90. The van der Waals surface area contributed by atoms with Crippen LogP contribution in [0.15, 0.2) is 36.7 Å². The van der Waals surface area contributed by atoms with E-state index >= 15 is 0 Å². The van der Waals surface area contributed by atoms with Gasteiger partial charge in [0.15, 0.2) is 0 Å². The summed E-state index contributed by atoms with van der Waals surface area (Å²) in [6, 6.07) is 10.7. The second-order valence-electron chi connectivity index (χ2n) is 4.36. The summed E-state index contributed by atoms with van der Waals surface area (Å²) < 4.78 is 0. The van der Waals surface area contributed by atoms with Crippen LogP contribution in [0.1, 0.15) is 24.3 Å². The van der Waals surface area contributed by atoms with Gasteiger partial charge in [-0.05, 0) is 29.9 Å². The maximum atomic E-state index is 9.03. The second-order valence-corrected chi connectivity index (χ2v) is 4.36. The SMILES string of the molecule is N#CC1CCC1c1cccc2cnccc12. The second kappa shape index (κ2) is 3.61. The molecule has 0 amide bonds. The number of hydrogen-bond donors (Lipinski definition) is 0. The molecule has 1 aromatic heterocycles. The third-order valence-corrected chi connectivity index (χ3v) is 3.55. The van der Waals surface area contributed by atoms with Crippen molar-refractivity contribution < 1.29 is 0 Å². The van der Waals surface area contributed by atoms with Gasteiger partial charge in [0.2, 0.25) is 0 Å². The smallest absolute Gasteiger partial charge is 0.0662 e. The van der Waals surface area contributed by atoms with Crippen molar-refractivity contribution in [2.24, 2.45) is 5.92 Å². The third-order valence-electron chi connectivity index (χ3n) is 3.55. The maximum Gasteiger partial charge on any atom is 0.0662 e. The zero-order valence-corrected chi connectivity index (χ0v) is 8.93. The van der Waals surface area contributed by atoms with E-state index in [2.05, 4.69) is 35.3 Å². The van der Waals surface area contributed by atoms with Gasteiger partial charge >= 0.3 is 0 Å². The first-order valence-corrected chi connectivity index (χ1v) is 5.62. The number of benzene rings is 1. The zero-order valence-electron chi connectivity index (χ0n) is 8.93. The van der Waals surface area contributed by atoms with E-state index in [9.17, 15) is 0 Å². The normalized spacial score (nSPS) is 23.7. The van der Waals surface area contributed by atoms with E-state index in [1.54, 1.807) is 0 Å². The topological polar surface area (TPSA) is 36.7 Å². The summed E-state index contributed by atoms with van der Waals surface area (Å²) in [5.74, 6) is 0.634. The molecular weight excluding hydrogens is 196 g/mol. The van der Waals surface area contributed by atoms with Gasteiger partial charge in [-0.25, -0.2) is 0 Å². The lowest BCUT2D eigenvalue weighted by atomic mass is 9.70. The van der Waals surface area contributed by atoms with Gasteiger partial charge in [-0.2, -0.15) is 5.26 Å². The lowest BCUT2D eigenvalue weighted by Crippen LogP contribution is -2.22. The summed E-state index contributed by atoms with van der Waals surface area (Å²) in [5.41, 5.74) is 1.32. The molecule has 0 saturated heterocycles. The molecule has 0 aliphatic heterocycles. The molecule has 1 fully saturated rings. The van der Waals surface area contributed by atoms with E-state index in [4.69, 9.17) is 5.26 Å². The molecule has 78 valence electrons. The largest absolute Gasteiger partial charge is 0.264 e. The highest BCUT2D eigenvalue weighted by atomic mass is 14.6. The minimum absolute atomic E-state index is 0.207. The monoisotopic (exact) mass is 208 g/mol. The fourth-order valence-corrected chi connectivity index (χ4v) is 2.50. The molecule has 0 spiro atoms. The van der Waals surface area contributed by atoms with Crippen molar-refractivity contribution in [3.8, 4) is 6.07 Å². The molecule has 0 radical (unpaired) electrons. The third kappa shape index (κ3) is 1.29. The maximum absolute atomic E-state index is 9.03. The molecule has 1 heterocycles. The summed E-state index contributed by atoms with van der Waals surface area (Å²) in [4.78, 5) is 4.13. The van der Waals surface area contributed by atoms with E-state index in [1.807, 2.05) is 12.4 Å². The van der Waals surface area contributed by atoms with Gasteiger partial charge in [0.1, 0.15) is 0 Å². The van der Waals surface area contributed by atoms with Gasteiger partial charge in [-0.3, -0.25) is 4.98 Å². The molecule has 16 heavy (non-hydrogen) atoms. The van der Waals surface area contributed by atoms with Crippen LogP contribution < -0.4 is 0 Å². The van der Waals surface area contributed by atoms with Crippen molar-refractivity contribution in [3.05, 3.63) is 42.2 Å². The first kappa shape index (κ1) is 9.35. The summed E-state index contributed by atoms with van der Waals surface area (Å²) in [5, 5.41) is 11.4. The number of pyridine rings is 1. The Kier molecular flexibility index (Phi) is 2.11. The number of rotatable bonds is 1. The zero-order chi connectivity index (χ0) is 11.0. The van der Waals surface area contributed by atoms with Crippen LogP contribution in [0.4, 0.5) is 0 Å². The standard InChI is InChI=1S/C14H12N2/c15-8-10-4-5-12(10)14-3-1-2-11-9-16-7-6-13(11)14/h1-3,6-7,9-10,12H,4-5H2. The van der Waals surface area contributed by atoms with Crippen molar-refractivity contribution in [3.63, 3.8) is 0 Å². The van der Waals surface area contributed by atoms with Crippen LogP contribution in [0.5, 0.6) is 0 Å². The summed E-state index contributed by atoms with van der Waals surface area (Å²) >= 11 is 0. The Morgan fingerprint density at radius 3 is 2.94 bits per heavy atom. The van der Waals surface area contributed by atoms with Crippen molar-refractivity contribution in [2.45, 2.75) is 18.8 Å². The van der Waals surface area contributed by atoms with Crippen molar-refractivity contribution in [2.75, 3.05) is 0 Å². The Balaban J connectivity index is 2.14. The predicted molar refractivity (Wildman–Crippen MR) is 62.8 cm³/mol. The average molecular weight is 208 g/mol. The van der Waals surface area contributed by atoms with Gasteiger partial charge in [0, 0.05) is 23.7 Å². The molecule has 1 aliphatic carbocycles. The molecule has 0 N–H and O–H groups in total. The van der Waals surface area contributed by atoms with Gasteiger partial charge in [0.05, 0.1) is 12.0 Å². The summed E-state index contributed by atoms with van der Waals surface area (Å²) in [7, 11) is 0. The summed E-state index contributed by atoms with van der Waals surface area (Å²) in [6.45, 7) is 0. The first-order chi connectivity index (χ1) is 7.90. The van der Waals surface area contributed by atoms with Gasteiger partial charge in [0.25, 0.3) is 0 Å². The molecule has 1 aliphatic rings. The minimum Gasteiger partial charge on any atom is -0.264 e. The fraction of sp³-hybridized carbons (Fsp3) is 0.286. The first-order valence-electron chi connectivity index (χ1n) is 5.62. The van der Waals surface area contributed by atoms with Gasteiger partial charge in [-0.15, -0.1) is 0 Å². The molecule has 0 bridgehead atoms. The van der Waals surface area contributed by atoms with E-state index in [0.717, 1.165) is 12.8 Å². The van der Waals surface area contributed by atoms with Crippen LogP contribution in [-0.4, -0.2) is 4.98 Å². The number of hydrogen-bond acceptors (Lipinski definition) is 2. The Hall–Kier alpha value is -1.88. The van der Waals surface area contributed by atoms with Crippen molar-refractivity contribution in [1.82, 2.24) is 4.98 Å². The number of nitriles is 1. The molecule has 1 saturated carbocycles. The van der Waals surface area contributed by atoms with Gasteiger partial charge in [-0.1, -0.05) is 18.2 Å². The van der Waals surface area contributed by atoms with Crippen LogP contribution in [0.3, 0.4) is 0 Å². The minimum atomic E-state index is 0.207. The van der Waals surface area contributed by atoms with Crippen LogP contribution in [0, 0.1) is 17.2 Å². The van der Waals surface area contributed by atoms with Crippen LogP contribution >= 0.6 is 0 Å². The molecule has 2 nitrogen and oxygen atoms in total. The van der Waals surface area contributed by atoms with Crippen molar-refractivity contribution in [1.29, 1.82) is 5.26 Å². The number of fused-ring (bicyclic) bond motifs is 1. The Morgan fingerprint density at radius 1 is 1.25 bits per heavy atom. The van der Waals surface area contributed by atoms with Crippen LogP contribution in [0.25, 0.3) is 10.8 Å². The molecule has 2 aromatic rings. The highest BCUT2D eigenvalue weighted by Crippen LogP contribution is 2.44. The molecule has 2 unspecified atom stereocenters. The number of nitrogens with zero attached hydrogens (tertiary/aromatic N) is 2. The van der Waals surface area contributed by atoms with Crippen molar-refractivity contribution >= 4 is 10.8 Å². The molecule has 1 aromatic carbocycles. The van der Waals surface area contributed by atoms with Crippen LogP contribution in [-0.2, 0) is 0 Å². The Morgan fingerprint density at radius 2 is 2.19 bits per heavy atom. The molecular formula is C14H12N2. The predicted octanol–water partition coefficient (Wildman–Crippen LogP) is 3.25. The highest BCUT2D eigenvalue weighted by Gasteiger charge is 2.32. The van der Waals surface area contributed by atoms with E-state index in [-0.39, 0.29) is 5.92 Å². The average Bonchev–Trinajstić information content (AvgIpc) is 2.29. The van der Waals surface area contributed by atoms with E-state index in [0.29, 0.717) is 5.92 Å². The quantitative estimate of drug-likeness (QED) is 0.721. The number of aromatic nitrogens is 1. The fourth-order valence-electron chi connectivity index (χ4n) is 2.50. The van der Waals surface area contributed by atoms with Gasteiger partial charge < -0.3 is 0 Å². The Labute approximate surface area is 94.5 Å². The molecule has 3 rings (SSSR count). The molecule has 2 heteroatoms. The van der Waals surface area contributed by atoms with E-state index in [1.165, 1.54) is 16.3 Å². The highest BCUT2D eigenvalue weighted by molar-refractivity contribution is 5.85. The Bertz CT molecular complexity index is 563. The molecule has 2 atom stereocenters. The van der Waals surface area contributed by atoms with E-state index < -0.39 is 0 Å². The van der Waals surface area contributed by atoms with Crippen LogP contribution in [0.2, 0.25) is 0 Å². The lowest BCUT2D eigenvalue weighted by molar-refractivity contribution is 0.327.